The number of likely N-dealkylation sites (N-methyl/N-ethyl adjacent to an activating group) is 1. The lowest BCUT2D eigenvalue weighted by molar-refractivity contribution is -0.385. The summed E-state index contributed by atoms with van der Waals surface area (Å²) in [4.78, 5) is 13.3. The van der Waals surface area contributed by atoms with Gasteiger partial charge in [-0.1, -0.05) is 48.5 Å². The van der Waals surface area contributed by atoms with Crippen LogP contribution in [0, 0.1) is 10.1 Å². The van der Waals surface area contributed by atoms with Crippen LogP contribution in [0.1, 0.15) is 30.5 Å². The van der Waals surface area contributed by atoms with E-state index >= 15 is 0 Å². The van der Waals surface area contributed by atoms with Crippen LogP contribution in [0.15, 0.2) is 66.7 Å². The maximum atomic E-state index is 11.5. The molecule has 0 aliphatic carbocycles. The van der Waals surface area contributed by atoms with Gasteiger partial charge in [-0.05, 0) is 37.1 Å². The molecule has 5 rings (SSSR count). The zero-order valence-electron chi connectivity index (χ0n) is 18.5. The van der Waals surface area contributed by atoms with Gasteiger partial charge in [0.1, 0.15) is 0 Å². The van der Waals surface area contributed by atoms with Gasteiger partial charge in [0.15, 0.2) is 11.5 Å². The second-order valence-corrected chi connectivity index (χ2v) is 8.69. The van der Waals surface area contributed by atoms with Gasteiger partial charge >= 0.3 is 0 Å². The summed E-state index contributed by atoms with van der Waals surface area (Å²) in [6.07, 6.45) is 2.01. The van der Waals surface area contributed by atoms with E-state index in [0.717, 1.165) is 16.8 Å². The minimum atomic E-state index is -0.881. The van der Waals surface area contributed by atoms with E-state index in [1.807, 2.05) is 55.6 Å². The predicted octanol–water partition coefficient (Wildman–Crippen LogP) is 5.66. The monoisotopic (exact) mass is 428 g/mol. The topological polar surface area (TPSA) is 64.8 Å². The molecule has 6 heteroatoms. The van der Waals surface area contributed by atoms with E-state index in [0.29, 0.717) is 17.1 Å². The standard InChI is InChI=1S/C26H24N2O4/c1-25(2)20-12-8-9-13-22(20)27(3)26(25)21(17-10-6-5-7-11-17)15-18-14-19(28(29)30)16-23(31-4)24(18)32-26/h5-16H,1-4H3. The summed E-state index contributed by atoms with van der Waals surface area (Å²) in [5.41, 5.74) is 3.47. The van der Waals surface area contributed by atoms with Gasteiger partial charge in [-0.3, -0.25) is 10.1 Å². The van der Waals surface area contributed by atoms with E-state index in [1.54, 1.807) is 6.07 Å². The van der Waals surface area contributed by atoms with E-state index in [1.165, 1.54) is 18.7 Å². The third kappa shape index (κ3) is 2.52. The number of ether oxygens (including phenoxy) is 2. The molecule has 0 saturated heterocycles. The Bertz CT molecular complexity index is 1270. The number of nitrogens with zero attached hydrogens (tertiary/aromatic N) is 2. The second kappa shape index (κ2) is 6.85. The average Bonchev–Trinajstić information content (AvgIpc) is 2.97. The molecule has 32 heavy (non-hydrogen) atoms. The molecule has 0 bridgehead atoms. The Hall–Kier alpha value is -3.80. The highest BCUT2D eigenvalue weighted by Crippen LogP contribution is 2.60. The van der Waals surface area contributed by atoms with Crippen LogP contribution in [-0.4, -0.2) is 24.8 Å². The quantitative estimate of drug-likeness (QED) is 0.398. The molecule has 1 spiro atoms. The number of benzene rings is 3. The summed E-state index contributed by atoms with van der Waals surface area (Å²) in [5.74, 6) is 0.850. The predicted molar refractivity (Wildman–Crippen MR) is 125 cm³/mol. The Morgan fingerprint density at radius 1 is 1.03 bits per heavy atom. The molecule has 0 aromatic heterocycles. The van der Waals surface area contributed by atoms with Crippen molar-refractivity contribution in [1.82, 2.24) is 0 Å². The Morgan fingerprint density at radius 3 is 2.38 bits per heavy atom. The average molecular weight is 428 g/mol. The van der Waals surface area contributed by atoms with Crippen LogP contribution in [0.5, 0.6) is 11.5 Å². The Balaban J connectivity index is 1.84. The maximum absolute atomic E-state index is 11.5. The van der Waals surface area contributed by atoms with Gasteiger partial charge < -0.3 is 14.4 Å². The summed E-state index contributed by atoms with van der Waals surface area (Å²) in [6, 6.07) is 21.3. The number of rotatable bonds is 3. The molecule has 2 heterocycles. The van der Waals surface area contributed by atoms with Crippen LogP contribution < -0.4 is 14.4 Å². The molecule has 2 aliphatic rings. The fraction of sp³-hybridized carbons (Fsp3) is 0.231. The molecule has 2 aliphatic heterocycles. The van der Waals surface area contributed by atoms with Crippen LogP contribution in [0.3, 0.4) is 0 Å². The third-order valence-corrected chi connectivity index (χ3v) is 6.76. The Labute approximate surface area is 186 Å². The fourth-order valence-corrected chi connectivity index (χ4v) is 5.21. The lowest BCUT2D eigenvalue weighted by atomic mass is 9.71. The van der Waals surface area contributed by atoms with Crippen molar-refractivity contribution in [2.75, 3.05) is 19.1 Å². The van der Waals surface area contributed by atoms with Crippen molar-refractivity contribution < 1.29 is 14.4 Å². The molecule has 162 valence electrons. The van der Waals surface area contributed by atoms with Crippen molar-refractivity contribution in [3.63, 3.8) is 0 Å². The van der Waals surface area contributed by atoms with E-state index in [4.69, 9.17) is 9.47 Å². The summed E-state index contributed by atoms with van der Waals surface area (Å²) >= 11 is 0. The molecule has 1 unspecified atom stereocenters. The zero-order chi connectivity index (χ0) is 22.7. The fourth-order valence-electron chi connectivity index (χ4n) is 5.21. The van der Waals surface area contributed by atoms with Crippen LogP contribution >= 0.6 is 0 Å². The molecule has 6 nitrogen and oxygen atoms in total. The van der Waals surface area contributed by atoms with Crippen molar-refractivity contribution in [1.29, 1.82) is 0 Å². The molecular weight excluding hydrogens is 404 g/mol. The molecule has 0 radical (unpaired) electrons. The SMILES string of the molecule is COc1cc([N+](=O)[O-])cc2c1OC1(C(c3ccccc3)=C2)N(C)c2ccccc2C1(C)C. The minimum Gasteiger partial charge on any atom is -0.493 e. The number of fused-ring (bicyclic) bond motifs is 2. The van der Waals surface area contributed by atoms with Gasteiger partial charge in [0.05, 0.1) is 23.5 Å². The van der Waals surface area contributed by atoms with Gasteiger partial charge in [0.25, 0.3) is 5.69 Å². The molecular formula is C26H24N2O4. The van der Waals surface area contributed by atoms with Gasteiger partial charge in [-0.15, -0.1) is 0 Å². The van der Waals surface area contributed by atoms with Crippen LogP contribution in [0.25, 0.3) is 11.6 Å². The van der Waals surface area contributed by atoms with Crippen molar-refractivity contribution in [3.8, 4) is 11.5 Å². The number of hydrogen-bond acceptors (Lipinski definition) is 5. The molecule has 3 aromatic rings. The lowest BCUT2D eigenvalue weighted by Gasteiger charge is -2.49. The molecule has 3 aromatic carbocycles. The number of anilines is 1. The molecule has 1 atom stereocenters. The highest BCUT2D eigenvalue weighted by molar-refractivity contribution is 5.95. The van der Waals surface area contributed by atoms with Crippen LogP contribution in [0.4, 0.5) is 11.4 Å². The number of hydrogen-bond donors (Lipinski definition) is 0. The van der Waals surface area contributed by atoms with Crippen molar-refractivity contribution >= 4 is 23.0 Å². The zero-order valence-corrected chi connectivity index (χ0v) is 18.5. The minimum absolute atomic E-state index is 0.0360. The number of nitro benzene ring substituents is 1. The lowest BCUT2D eigenvalue weighted by Crippen LogP contribution is -2.60. The largest absolute Gasteiger partial charge is 0.493 e. The molecule has 0 amide bonds. The number of nitro groups is 1. The van der Waals surface area contributed by atoms with E-state index < -0.39 is 16.1 Å². The number of non-ortho nitro benzene ring substituents is 1. The Morgan fingerprint density at radius 2 is 1.72 bits per heavy atom. The first-order chi connectivity index (χ1) is 15.3. The van der Waals surface area contributed by atoms with Crippen molar-refractivity contribution in [3.05, 3.63) is 93.5 Å². The van der Waals surface area contributed by atoms with Gasteiger partial charge in [-0.25, -0.2) is 0 Å². The normalized spacial score (nSPS) is 20.2. The van der Waals surface area contributed by atoms with Gasteiger partial charge in [-0.2, -0.15) is 0 Å². The summed E-state index contributed by atoms with van der Waals surface area (Å²) < 4.78 is 12.5. The highest BCUT2D eigenvalue weighted by atomic mass is 16.6. The first kappa shape index (κ1) is 20.1. The smallest absolute Gasteiger partial charge is 0.274 e. The highest BCUT2D eigenvalue weighted by Gasteiger charge is 2.62. The number of methoxy groups -OCH3 is 1. The van der Waals surface area contributed by atoms with Gasteiger partial charge in [0, 0.05) is 29.9 Å². The van der Waals surface area contributed by atoms with E-state index in [9.17, 15) is 10.1 Å². The third-order valence-electron chi connectivity index (χ3n) is 6.76. The van der Waals surface area contributed by atoms with Crippen LogP contribution in [-0.2, 0) is 5.41 Å². The number of para-hydroxylation sites is 1. The summed E-state index contributed by atoms with van der Waals surface area (Å²) in [5, 5.41) is 11.5. The van der Waals surface area contributed by atoms with E-state index in [-0.39, 0.29) is 5.69 Å². The van der Waals surface area contributed by atoms with Crippen LogP contribution in [0.2, 0.25) is 0 Å². The van der Waals surface area contributed by atoms with Crippen molar-refractivity contribution in [2.45, 2.75) is 25.0 Å². The first-order valence-electron chi connectivity index (χ1n) is 10.5. The summed E-state index contributed by atoms with van der Waals surface area (Å²) in [7, 11) is 3.54. The van der Waals surface area contributed by atoms with Crippen molar-refractivity contribution in [2.24, 2.45) is 0 Å². The Kier molecular flexibility index (Phi) is 4.31. The molecule has 0 fully saturated rings. The van der Waals surface area contributed by atoms with E-state index in [2.05, 4.69) is 30.9 Å². The first-order valence-corrected chi connectivity index (χ1v) is 10.5. The second-order valence-electron chi connectivity index (χ2n) is 8.69. The van der Waals surface area contributed by atoms with Gasteiger partial charge in [0.2, 0.25) is 5.72 Å². The molecule has 0 N–H and O–H groups in total. The molecule has 0 saturated carbocycles. The maximum Gasteiger partial charge on any atom is 0.274 e. The summed E-state index contributed by atoms with van der Waals surface area (Å²) in [6.45, 7) is 4.35.